The number of nitrogens with zero attached hydrogens (tertiary/aromatic N) is 3. The lowest BCUT2D eigenvalue weighted by molar-refractivity contribution is 0.0583. The Morgan fingerprint density at radius 2 is 2.25 bits per heavy atom. The van der Waals surface area contributed by atoms with E-state index in [9.17, 15) is 4.79 Å². The van der Waals surface area contributed by atoms with Gasteiger partial charge in [-0.3, -0.25) is 9.48 Å². The molecule has 1 atom stereocenters. The molecule has 1 aromatic carbocycles. The van der Waals surface area contributed by atoms with Crippen molar-refractivity contribution in [2.24, 2.45) is 0 Å². The summed E-state index contributed by atoms with van der Waals surface area (Å²) in [5, 5.41) is 4.67. The van der Waals surface area contributed by atoms with E-state index in [0.717, 1.165) is 25.8 Å². The van der Waals surface area contributed by atoms with Gasteiger partial charge in [-0.05, 0) is 37.5 Å². The molecule has 126 valence electrons. The monoisotopic (exact) mass is 347 g/mol. The Bertz CT molecular complexity index is 748. The van der Waals surface area contributed by atoms with Crippen molar-refractivity contribution in [3.8, 4) is 11.5 Å². The Morgan fingerprint density at radius 3 is 3.08 bits per heavy atom. The molecule has 0 N–H and O–H groups in total. The second-order valence-electron chi connectivity index (χ2n) is 6.07. The number of amides is 1. The summed E-state index contributed by atoms with van der Waals surface area (Å²) < 4.78 is 12.6. The lowest BCUT2D eigenvalue weighted by Gasteiger charge is -2.35. The van der Waals surface area contributed by atoms with Crippen LogP contribution in [0.4, 0.5) is 0 Å². The fraction of sp³-hybridized carbons (Fsp3) is 0.412. The van der Waals surface area contributed by atoms with Gasteiger partial charge in [-0.2, -0.15) is 5.10 Å². The highest BCUT2D eigenvalue weighted by Crippen LogP contribution is 2.40. The van der Waals surface area contributed by atoms with Gasteiger partial charge in [-0.15, -0.1) is 0 Å². The number of rotatable bonds is 3. The smallest absolute Gasteiger partial charge is 0.254 e. The summed E-state index contributed by atoms with van der Waals surface area (Å²) in [4.78, 5) is 15.0. The van der Waals surface area contributed by atoms with E-state index < -0.39 is 0 Å². The summed E-state index contributed by atoms with van der Waals surface area (Å²) in [6.07, 6.45) is 6.79. The molecule has 1 saturated heterocycles. The van der Waals surface area contributed by atoms with Crippen molar-refractivity contribution >= 4 is 17.5 Å². The number of ether oxygens (including phenoxy) is 2. The fourth-order valence-corrected chi connectivity index (χ4v) is 3.60. The van der Waals surface area contributed by atoms with Crippen LogP contribution in [-0.4, -0.2) is 40.0 Å². The van der Waals surface area contributed by atoms with Crippen LogP contribution in [0.2, 0.25) is 5.02 Å². The van der Waals surface area contributed by atoms with Crippen LogP contribution in [0.15, 0.2) is 30.6 Å². The fourth-order valence-electron chi connectivity index (χ4n) is 3.34. The standard InChI is InChI=1S/C17H18ClN3O3/c18-14-8-12(9-15-16(14)24-11-23-15)17(22)21-7-2-1-4-13(21)10-20-6-3-5-19-20/h3,5-6,8-9,13H,1-2,4,7,10-11H2. The summed E-state index contributed by atoms with van der Waals surface area (Å²) >= 11 is 6.22. The Morgan fingerprint density at radius 1 is 1.33 bits per heavy atom. The molecule has 0 radical (unpaired) electrons. The first kappa shape index (κ1) is 15.3. The molecular formula is C17H18ClN3O3. The highest BCUT2D eigenvalue weighted by molar-refractivity contribution is 6.32. The van der Waals surface area contributed by atoms with Crippen molar-refractivity contribution in [1.82, 2.24) is 14.7 Å². The zero-order valence-corrected chi connectivity index (χ0v) is 13.9. The molecule has 1 fully saturated rings. The van der Waals surface area contributed by atoms with Gasteiger partial charge in [-0.25, -0.2) is 0 Å². The molecule has 6 nitrogen and oxygen atoms in total. The lowest BCUT2D eigenvalue weighted by Crippen LogP contribution is -2.45. The maximum Gasteiger partial charge on any atom is 0.254 e. The molecule has 0 spiro atoms. The number of aromatic nitrogens is 2. The largest absolute Gasteiger partial charge is 0.454 e. The molecule has 2 aromatic rings. The van der Waals surface area contributed by atoms with Gasteiger partial charge < -0.3 is 14.4 Å². The number of fused-ring (bicyclic) bond motifs is 1. The van der Waals surface area contributed by atoms with E-state index in [1.165, 1.54) is 0 Å². The minimum atomic E-state index is -0.0212. The average molecular weight is 348 g/mol. The van der Waals surface area contributed by atoms with E-state index in [1.54, 1.807) is 18.3 Å². The van der Waals surface area contributed by atoms with Crippen molar-refractivity contribution in [3.63, 3.8) is 0 Å². The third-order valence-corrected chi connectivity index (χ3v) is 4.80. The molecule has 2 aliphatic rings. The van der Waals surface area contributed by atoms with Gasteiger partial charge >= 0.3 is 0 Å². The van der Waals surface area contributed by atoms with E-state index in [0.29, 0.717) is 28.6 Å². The van der Waals surface area contributed by atoms with Crippen LogP contribution in [0.3, 0.4) is 0 Å². The van der Waals surface area contributed by atoms with Crippen molar-refractivity contribution in [1.29, 1.82) is 0 Å². The number of piperidine rings is 1. The quantitative estimate of drug-likeness (QED) is 0.856. The predicted octanol–water partition coefficient (Wildman–Crippen LogP) is 2.96. The highest BCUT2D eigenvalue weighted by Gasteiger charge is 2.29. The molecule has 0 aliphatic carbocycles. The first-order valence-corrected chi connectivity index (χ1v) is 8.48. The van der Waals surface area contributed by atoms with E-state index >= 15 is 0 Å². The van der Waals surface area contributed by atoms with E-state index in [4.69, 9.17) is 21.1 Å². The molecular weight excluding hydrogens is 330 g/mol. The Kier molecular flexibility index (Phi) is 4.06. The predicted molar refractivity (Wildman–Crippen MR) is 88.5 cm³/mol. The third-order valence-electron chi connectivity index (χ3n) is 4.52. The third kappa shape index (κ3) is 2.82. The Hall–Kier alpha value is -2.21. The molecule has 0 bridgehead atoms. The Balaban J connectivity index is 1.58. The van der Waals surface area contributed by atoms with Crippen LogP contribution in [-0.2, 0) is 6.54 Å². The van der Waals surface area contributed by atoms with E-state index in [1.807, 2.05) is 21.8 Å². The van der Waals surface area contributed by atoms with Gasteiger partial charge in [0.1, 0.15) is 0 Å². The van der Waals surface area contributed by atoms with Crippen molar-refractivity contribution in [3.05, 3.63) is 41.2 Å². The zero-order chi connectivity index (χ0) is 16.5. The number of hydrogen-bond donors (Lipinski definition) is 0. The van der Waals surface area contributed by atoms with Crippen molar-refractivity contribution < 1.29 is 14.3 Å². The average Bonchev–Trinajstić information content (AvgIpc) is 3.26. The van der Waals surface area contributed by atoms with E-state index in [2.05, 4.69) is 5.10 Å². The minimum absolute atomic E-state index is 0.0212. The maximum atomic E-state index is 13.0. The van der Waals surface area contributed by atoms with Gasteiger partial charge in [0.2, 0.25) is 6.79 Å². The summed E-state index contributed by atoms with van der Waals surface area (Å²) in [5.74, 6) is 1.03. The normalized spacial score (nSPS) is 19.5. The number of benzene rings is 1. The van der Waals surface area contributed by atoms with Crippen molar-refractivity contribution in [2.75, 3.05) is 13.3 Å². The molecule has 1 amide bonds. The number of halogens is 1. The number of carbonyl (C=O) groups is 1. The summed E-state index contributed by atoms with van der Waals surface area (Å²) in [6.45, 7) is 1.59. The highest BCUT2D eigenvalue weighted by atomic mass is 35.5. The summed E-state index contributed by atoms with van der Waals surface area (Å²) in [7, 11) is 0. The molecule has 4 rings (SSSR count). The van der Waals surface area contributed by atoms with Crippen LogP contribution in [0.25, 0.3) is 0 Å². The van der Waals surface area contributed by atoms with Crippen LogP contribution < -0.4 is 9.47 Å². The molecule has 0 saturated carbocycles. The SMILES string of the molecule is O=C(c1cc(Cl)c2c(c1)OCO2)N1CCCCC1Cn1cccn1. The van der Waals surface area contributed by atoms with Crippen LogP contribution in [0, 0.1) is 0 Å². The second-order valence-corrected chi connectivity index (χ2v) is 6.48. The molecule has 3 heterocycles. The van der Waals surface area contributed by atoms with Gasteiger partial charge in [0.05, 0.1) is 17.6 Å². The minimum Gasteiger partial charge on any atom is -0.454 e. The van der Waals surface area contributed by atoms with E-state index in [-0.39, 0.29) is 18.7 Å². The molecule has 1 unspecified atom stereocenters. The van der Waals surface area contributed by atoms with Gasteiger partial charge in [0.25, 0.3) is 5.91 Å². The van der Waals surface area contributed by atoms with Crippen LogP contribution >= 0.6 is 11.6 Å². The van der Waals surface area contributed by atoms with Gasteiger partial charge in [-0.1, -0.05) is 11.6 Å². The van der Waals surface area contributed by atoms with Gasteiger partial charge in [0.15, 0.2) is 11.5 Å². The van der Waals surface area contributed by atoms with Crippen LogP contribution in [0.5, 0.6) is 11.5 Å². The van der Waals surface area contributed by atoms with Crippen molar-refractivity contribution in [2.45, 2.75) is 31.8 Å². The van der Waals surface area contributed by atoms with Crippen LogP contribution in [0.1, 0.15) is 29.6 Å². The zero-order valence-electron chi connectivity index (χ0n) is 13.2. The topological polar surface area (TPSA) is 56.6 Å². The molecule has 1 aromatic heterocycles. The summed E-state index contributed by atoms with van der Waals surface area (Å²) in [6, 6.07) is 5.41. The molecule has 7 heteroatoms. The number of carbonyl (C=O) groups excluding carboxylic acids is 1. The maximum absolute atomic E-state index is 13.0. The number of hydrogen-bond acceptors (Lipinski definition) is 4. The molecule has 24 heavy (non-hydrogen) atoms. The number of likely N-dealkylation sites (tertiary alicyclic amines) is 1. The first-order valence-electron chi connectivity index (χ1n) is 8.10. The first-order chi connectivity index (χ1) is 11.7. The summed E-state index contributed by atoms with van der Waals surface area (Å²) in [5.41, 5.74) is 0.539. The molecule has 2 aliphatic heterocycles. The lowest BCUT2D eigenvalue weighted by atomic mass is 10.0. The Labute approximate surface area is 144 Å². The second kappa shape index (κ2) is 6.36. The van der Waals surface area contributed by atoms with Gasteiger partial charge in [0, 0.05) is 24.5 Å².